The minimum atomic E-state index is -0.875. The number of carbonyl (C=O) groups excluding carboxylic acids is 3. The van der Waals surface area contributed by atoms with E-state index in [0.717, 1.165) is 16.1 Å². The molecule has 0 saturated carbocycles. The van der Waals surface area contributed by atoms with Gasteiger partial charge in [-0.25, -0.2) is 4.98 Å². The van der Waals surface area contributed by atoms with E-state index in [1.54, 1.807) is 40.2 Å². The van der Waals surface area contributed by atoms with Gasteiger partial charge < -0.3 is 25.7 Å². The second-order valence-electron chi connectivity index (χ2n) is 9.44. The largest absolute Gasteiger partial charge is 0.508 e. The molecule has 0 aliphatic carbocycles. The zero-order chi connectivity index (χ0) is 25.2. The Bertz CT molecular complexity index is 1080. The number of likely N-dealkylation sites (tertiary alicyclic amines) is 1. The highest BCUT2D eigenvalue weighted by Crippen LogP contribution is 2.31. The summed E-state index contributed by atoms with van der Waals surface area (Å²) in [5.74, 6) is -0.802. The maximum Gasteiger partial charge on any atom is 0.281 e. The second kappa shape index (κ2) is 10.6. The molecule has 2 heterocycles. The van der Waals surface area contributed by atoms with Crippen LogP contribution in [0.1, 0.15) is 38.4 Å². The van der Waals surface area contributed by atoms with Crippen molar-refractivity contribution in [1.29, 1.82) is 0 Å². The van der Waals surface area contributed by atoms with Crippen LogP contribution >= 0.6 is 33.9 Å². The Kier molecular flexibility index (Phi) is 8.19. The van der Waals surface area contributed by atoms with Crippen molar-refractivity contribution in [1.82, 2.24) is 20.5 Å². The lowest BCUT2D eigenvalue weighted by Crippen LogP contribution is -2.57. The number of nitrogens with one attached hydrogen (secondary N) is 2. The maximum absolute atomic E-state index is 13.3. The van der Waals surface area contributed by atoms with Crippen molar-refractivity contribution in [2.75, 3.05) is 6.54 Å². The average Bonchev–Trinajstić information content (AvgIpc) is 3.35. The quantitative estimate of drug-likeness (QED) is 0.229. The van der Waals surface area contributed by atoms with E-state index < -0.39 is 35.4 Å². The third-order valence-corrected chi connectivity index (χ3v) is 7.07. The SMILES string of the molecule is Cc1ncsc1-c1ccc(CNC(=O)C2CC(O)CN2C(=O)C(NC(=O)I)C(C)(C)C)c(O)c1. The number of hydrogen-bond donors (Lipinski definition) is 4. The lowest BCUT2D eigenvalue weighted by Gasteiger charge is -2.34. The third kappa shape index (κ3) is 6.05. The molecule has 9 nitrogen and oxygen atoms in total. The number of phenolic OH excluding ortho intramolecular Hbond substituents is 1. The summed E-state index contributed by atoms with van der Waals surface area (Å²) in [6.45, 7) is 7.44. The number of aliphatic hydroxyl groups is 1. The fourth-order valence-corrected chi connectivity index (χ4v) is 5.08. The molecule has 1 aliphatic heterocycles. The standard InChI is InChI=1S/C23H29IN4O5S/c1-12-18(34-11-26-12)13-5-6-14(17(30)7-13)9-25-20(31)16-8-15(29)10-28(16)21(32)19(23(2,3)4)27-22(24)33/h5-7,11,15-16,19,29-30H,8-10H2,1-4H3,(H,25,31)(H,27,33). The average molecular weight is 600 g/mol. The van der Waals surface area contributed by atoms with Crippen molar-refractivity contribution in [2.24, 2.45) is 5.41 Å². The van der Waals surface area contributed by atoms with Crippen molar-refractivity contribution in [3.63, 3.8) is 0 Å². The number of hydrogen-bond acceptors (Lipinski definition) is 7. The summed E-state index contributed by atoms with van der Waals surface area (Å²) in [4.78, 5) is 44.4. The van der Waals surface area contributed by atoms with Gasteiger partial charge in [0, 0.05) is 47.7 Å². The van der Waals surface area contributed by atoms with Crippen LogP contribution in [0.5, 0.6) is 5.75 Å². The molecule has 1 aromatic carbocycles. The molecule has 0 radical (unpaired) electrons. The third-order valence-electron chi connectivity index (χ3n) is 5.78. The molecule has 3 unspecified atom stereocenters. The summed E-state index contributed by atoms with van der Waals surface area (Å²) < 4.78 is -0.376. The van der Waals surface area contributed by atoms with E-state index in [9.17, 15) is 24.6 Å². The Morgan fingerprint density at radius 3 is 2.59 bits per heavy atom. The van der Waals surface area contributed by atoms with Crippen LogP contribution in [0.3, 0.4) is 0 Å². The number of rotatable bonds is 6. The smallest absolute Gasteiger partial charge is 0.281 e. The zero-order valence-corrected chi connectivity index (χ0v) is 22.4. The highest BCUT2D eigenvalue weighted by Gasteiger charge is 2.44. The number of benzene rings is 1. The normalized spacial score (nSPS) is 19.1. The summed E-state index contributed by atoms with van der Waals surface area (Å²) in [7, 11) is 0. The molecule has 34 heavy (non-hydrogen) atoms. The predicted octanol–water partition coefficient (Wildman–Crippen LogP) is 2.96. The minimum absolute atomic E-state index is 0.00869. The molecular weight excluding hydrogens is 571 g/mol. The van der Waals surface area contributed by atoms with Gasteiger partial charge in [-0.3, -0.25) is 14.4 Å². The van der Waals surface area contributed by atoms with Crippen LogP contribution in [0.25, 0.3) is 10.4 Å². The van der Waals surface area contributed by atoms with E-state index in [-0.39, 0.29) is 29.2 Å². The molecule has 3 amide bonds. The second-order valence-corrected chi connectivity index (χ2v) is 11.3. The molecule has 11 heteroatoms. The Balaban J connectivity index is 1.71. The molecule has 1 fully saturated rings. The van der Waals surface area contributed by atoms with Gasteiger partial charge in [0.2, 0.25) is 11.8 Å². The predicted molar refractivity (Wildman–Crippen MR) is 138 cm³/mol. The van der Waals surface area contributed by atoms with Crippen molar-refractivity contribution in [3.8, 4) is 16.2 Å². The summed E-state index contributed by atoms with van der Waals surface area (Å²) in [5.41, 5.74) is 3.40. The fraction of sp³-hybridized carbons (Fsp3) is 0.478. The Labute approximate surface area is 216 Å². The van der Waals surface area contributed by atoms with E-state index in [1.165, 1.54) is 16.2 Å². The molecule has 184 valence electrons. The highest BCUT2D eigenvalue weighted by atomic mass is 127. The molecule has 1 aliphatic rings. The number of nitrogens with zero attached hydrogens (tertiary/aromatic N) is 2. The van der Waals surface area contributed by atoms with Gasteiger partial charge in [0.1, 0.15) is 17.8 Å². The first-order chi connectivity index (χ1) is 15.9. The zero-order valence-electron chi connectivity index (χ0n) is 19.5. The van der Waals surface area contributed by atoms with Gasteiger partial charge in [-0.05, 0) is 24.0 Å². The van der Waals surface area contributed by atoms with E-state index in [2.05, 4.69) is 15.6 Å². The molecule has 3 atom stereocenters. The molecule has 4 N–H and O–H groups in total. The van der Waals surface area contributed by atoms with Crippen LogP contribution in [-0.2, 0) is 16.1 Å². The number of phenols is 1. The minimum Gasteiger partial charge on any atom is -0.508 e. The number of halogens is 1. The monoisotopic (exact) mass is 600 g/mol. The van der Waals surface area contributed by atoms with E-state index in [4.69, 9.17) is 0 Å². The van der Waals surface area contributed by atoms with E-state index >= 15 is 0 Å². The lowest BCUT2D eigenvalue weighted by molar-refractivity contribution is -0.141. The number of aryl methyl sites for hydroxylation is 1. The first kappa shape index (κ1) is 26.4. The van der Waals surface area contributed by atoms with Crippen LogP contribution in [0.15, 0.2) is 23.7 Å². The number of aromatic hydroxyl groups is 1. The molecule has 0 spiro atoms. The summed E-state index contributed by atoms with van der Waals surface area (Å²) in [6, 6.07) is 3.52. The van der Waals surface area contributed by atoms with Crippen LogP contribution in [0, 0.1) is 12.3 Å². The summed E-state index contributed by atoms with van der Waals surface area (Å²) in [6.07, 6.45) is -0.742. The molecule has 2 aromatic rings. The Hall–Kier alpha value is -2.25. The molecule has 1 aromatic heterocycles. The molecule has 1 saturated heterocycles. The van der Waals surface area contributed by atoms with Gasteiger partial charge in [-0.2, -0.15) is 0 Å². The summed E-state index contributed by atoms with van der Waals surface area (Å²) in [5, 5.41) is 26.1. The van der Waals surface area contributed by atoms with E-state index in [1.807, 2.05) is 33.8 Å². The number of carbonyl (C=O) groups is 3. The van der Waals surface area contributed by atoms with Gasteiger partial charge in [0.15, 0.2) is 0 Å². The van der Waals surface area contributed by atoms with Crippen molar-refractivity contribution in [2.45, 2.75) is 58.8 Å². The first-order valence-corrected chi connectivity index (χ1v) is 12.8. The molecular formula is C23H29IN4O5S. The van der Waals surface area contributed by atoms with Gasteiger partial charge in [0.25, 0.3) is 3.91 Å². The molecule has 0 bridgehead atoms. The van der Waals surface area contributed by atoms with Gasteiger partial charge >= 0.3 is 0 Å². The highest BCUT2D eigenvalue weighted by molar-refractivity contribution is 14.1. The fourth-order valence-electron chi connectivity index (χ4n) is 3.97. The maximum atomic E-state index is 13.3. The molecule has 3 rings (SSSR count). The number of amides is 3. The number of thiazole rings is 1. The van der Waals surface area contributed by atoms with Crippen LogP contribution in [0.2, 0.25) is 0 Å². The first-order valence-electron chi connectivity index (χ1n) is 10.8. The Morgan fingerprint density at radius 2 is 2.03 bits per heavy atom. The van der Waals surface area contributed by atoms with Crippen LogP contribution in [-0.4, -0.2) is 60.6 Å². The van der Waals surface area contributed by atoms with Crippen molar-refractivity contribution in [3.05, 3.63) is 35.0 Å². The number of β-amino-alcohol motifs (C(OH)–C–C–N with tert-alkyl or cyclic N) is 1. The van der Waals surface area contributed by atoms with Crippen molar-refractivity contribution >= 4 is 49.7 Å². The van der Waals surface area contributed by atoms with E-state index in [0.29, 0.717) is 5.56 Å². The number of aliphatic hydroxyl groups excluding tert-OH is 1. The van der Waals surface area contributed by atoms with Gasteiger partial charge in [-0.15, -0.1) is 11.3 Å². The number of aromatic nitrogens is 1. The topological polar surface area (TPSA) is 132 Å². The lowest BCUT2D eigenvalue weighted by atomic mass is 9.85. The summed E-state index contributed by atoms with van der Waals surface area (Å²) >= 11 is 3.05. The Morgan fingerprint density at radius 1 is 1.32 bits per heavy atom. The van der Waals surface area contributed by atoms with Gasteiger partial charge in [-0.1, -0.05) is 32.9 Å². The van der Waals surface area contributed by atoms with Gasteiger partial charge in [0.05, 0.1) is 22.2 Å². The van der Waals surface area contributed by atoms with Crippen LogP contribution < -0.4 is 10.6 Å². The van der Waals surface area contributed by atoms with Crippen molar-refractivity contribution < 1.29 is 24.6 Å². The van der Waals surface area contributed by atoms with Crippen LogP contribution in [0.4, 0.5) is 4.79 Å².